The number of carbonyl (C=O) groups excluding carboxylic acids is 1. The topological polar surface area (TPSA) is 66.5 Å². The number of nitrogens with zero attached hydrogens (tertiary/aromatic N) is 1. The molecule has 0 fully saturated rings. The van der Waals surface area contributed by atoms with Crippen LogP contribution in [-0.2, 0) is 16.6 Å². The summed E-state index contributed by atoms with van der Waals surface area (Å²) in [6.07, 6.45) is 1.19. The lowest BCUT2D eigenvalue weighted by molar-refractivity contribution is 0.102. The average molecular weight is 477 g/mol. The SMILES string of the molecule is Cc1ccc(C)c(N(Cc2ccc(C(=O)Nc3ccc(Cl)c(Cl)c3)cc2)S(C)(=O)=O)c1. The molecular weight excluding hydrogens is 455 g/mol. The lowest BCUT2D eigenvalue weighted by Gasteiger charge is -2.25. The number of sulfonamides is 1. The minimum atomic E-state index is -3.50. The van der Waals surface area contributed by atoms with Crippen LogP contribution in [0.3, 0.4) is 0 Å². The third-order valence-corrected chi connectivity index (χ3v) is 6.62. The van der Waals surface area contributed by atoms with Gasteiger partial charge in [-0.2, -0.15) is 0 Å². The highest BCUT2D eigenvalue weighted by Gasteiger charge is 2.20. The Hall–Kier alpha value is -2.54. The molecule has 0 saturated heterocycles. The van der Waals surface area contributed by atoms with Crippen LogP contribution in [0.4, 0.5) is 11.4 Å². The summed E-state index contributed by atoms with van der Waals surface area (Å²) in [6, 6.07) is 17.3. The van der Waals surface area contributed by atoms with Gasteiger partial charge in [-0.3, -0.25) is 9.10 Å². The first-order chi connectivity index (χ1) is 14.5. The number of benzene rings is 3. The number of hydrogen-bond acceptors (Lipinski definition) is 3. The summed E-state index contributed by atoms with van der Waals surface area (Å²) in [7, 11) is -3.50. The Morgan fingerprint density at radius 1 is 0.935 bits per heavy atom. The Balaban J connectivity index is 1.80. The molecule has 0 aliphatic carbocycles. The van der Waals surface area contributed by atoms with Crippen molar-refractivity contribution >= 4 is 50.5 Å². The molecule has 3 aromatic rings. The number of amides is 1. The second-order valence-electron chi connectivity index (χ2n) is 7.34. The summed E-state index contributed by atoms with van der Waals surface area (Å²) >= 11 is 11.9. The van der Waals surface area contributed by atoms with Crippen LogP contribution >= 0.6 is 23.2 Å². The molecule has 0 aliphatic rings. The molecule has 31 heavy (non-hydrogen) atoms. The first kappa shape index (κ1) is 23.1. The molecule has 3 rings (SSSR count). The van der Waals surface area contributed by atoms with Crippen molar-refractivity contribution in [2.24, 2.45) is 0 Å². The highest BCUT2D eigenvalue weighted by Crippen LogP contribution is 2.27. The molecule has 0 heterocycles. The Morgan fingerprint density at radius 2 is 1.61 bits per heavy atom. The molecule has 1 N–H and O–H groups in total. The number of rotatable bonds is 6. The van der Waals surface area contributed by atoms with E-state index in [0.717, 1.165) is 16.7 Å². The quantitative estimate of drug-likeness (QED) is 0.486. The van der Waals surface area contributed by atoms with Gasteiger partial charge in [-0.15, -0.1) is 0 Å². The van der Waals surface area contributed by atoms with Gasteiger partial charge in [0.1, 0.15) is 0 Å². The fourth-order valence-electron chi connectivity index (χ4n) is 3.07. The average Bonchev–Trinajstić information content (AvgIpc) is 2.70. The number of nitrogens with one attached hydrogen (secondary N) is 1. The molecule has 1 amide bonds. The van der Waals surface area contributed by atoms with Crippen molar-refractivity contribution < 1.29 is 13.2 Å². The Bertz CT molecular complexity index is 1230. The van der Waals surface area contributed by atoms with Gasteiger partial charge in [0.15, 0.2) is 0 Å². The van der Waals surface area contributed by atoms with Crippen LogP contribution in [-0.4, -0.2) is 20.6 Å². The van der Waals surface area contributed by atoms with Gasteiger partial charge >= 0.3 is 0 Å². The standard InChI is InChI=1S/C23H22Cl2N2O3S/c1-15-4-5-16(2)22(12-15)27(31(3,29)30)14-17-6-8-18(9-7-17)23(28)26-19-10-11-20(24)21(25)13-19/h4-13H,14H2,1-3H3,(H,26,28). The highest BCUT2D eigenvalue weighted by molar-refractivity contribution is 7.92. The second kappa shape index (κ2) is 9.30. The third-order valence-electron chi connectivity index (χ3n) is 4.75. The monoisotopic (exact) mass is 476 g/mol. The van der Waals surface area contributed by atoms with Crippen molar-refractivity contribution in [3.05, 3.63) is 93.0 Å². The van der Waals surface area contributed by atoms with Gasteiger partial charge in [-0.05, 0) is 66.9 Å². The van der Waals surface area contributed by atoms with E-state index in [4.69, 9.17) is 23.2 Å². The number of halogens is 2. The molecular formula is C23H22Cl2N2O3S. The Kier molecular flexibility index (Phi) is 6.94. The van der Waals surface area contributed by atoms with E-state index in [1.54, 1.807) is 42.5 Å². The maximum absolute atomic E-state index is 12.5. The summed E-state index contributed by atoms with van der Waals surface area (Å²) in [4.78, 5) is 12.5. The molecule has 0 radical (unpaired) electrons. The molecule has 3 aromatic carbocycles. The van der Waals surface area contributed by atoms with Crippen LogP contribution in [0.25, 0.3) is 0 Å². The molecule has 162 valence electrons. The lowest BCUT2D eigenvalue weighted by Crippen LogP contribution is -2.30. The Labute approximate surface area is 192 Å². The van der Waals surface area contributed by atoms with Crippen LogP contribution in [0.15, 0.2) is 60.7 Å². The lowest BCUT2D eigenvalue weighted by atomic mass is 10.1. The fourth-order valence-corrected chi connectivity index (χ4v) is 4.31. The summed E-state index contributed by atoms with van der Waals surface area (Å²) in [5.74, 6) is -0.306. The van der Waals surface area contributed by atoms with Crippen LogP contribution in [0, 0.1) is 13.8 Å². The summed E-state index contributed by atoms with van der Waals surface area (Å²) in [6.45, 7) is 3.96. The third kappa shape index (κ3) is 5.79. The van der Waals surface area contributed by atoms with Crippen molar-refractivity contribution in [3.63, 3.8) is 0 Å². The Morgan fingerprint density at radius 3 is 2.23 bits per heavy atom. The van der Waals surface area contributed by atoms with Crippen molar-refractivity contribution in [3.8, 4) is 0 Å². The van der Waals surface area contributed by atoms with E-state index in [9.17, 15) is 13.2 Å². The van der Waals surface area contributed by atoms with E-state index >= 15 is 0 Å². The maximum atomic E-state index is 12.5. The largest absolute Gasteiger partial charge is 0.322 e. The summed E-state index contributed by atoms with van der Waals surface area (Å²) in [5, 5.41) is 3.52. The van der Waals surface area contributed by atoms with E-state index in [-0.39, 0.29) is 12.5 Å². The van der Waals surface area contributed by atoms with E-state index in [2.05, 4.69) is 5.32 Å². The molecule has 0 aromatic heterocycles. The predicted octanol–water partition coefficient (Wildman–Crippen LogP) is 5.83. The van der Waals surface area contributed by atoms with Gasteiger partial charge in [0.25, 0.3) is 5.91 Å². The first-order valence-electron chi connectivity index (χ1n) is 9.45. The van der Waals surface area contributed by atoms with Gasteiger partial charge in [0, 0.05) is 11.3 Å². The number of aryl methyl sites for hydroxylation is 2. The zero-order valence-electron chi connectivity index (χ0n) is 17.3. The molecule has 0 atom stereocenters. The van der Waals surface area contributed by atoms with Crippen LogP contribution < -0.4 is 9.62 Å². The molecule has 8 heteroatoms. The van der Waals surface area contributed by atoms with Crippen molar-refractivity contribution in [1.29, 1.82) is 0 Å². The van der Waals surface area contributed by atoms with Crippen molar-refractivity contribution in [2.45, 2.75) is 20.4 Å². The van der Waals surface area contributed by atoms with E-state index < -0.39 is 10.0 Å². The zero-order chi connectivity index (χ0) is 22.8. The number of anilines is 2. The van der Waals surface area contributed by atoms with Gasteiger partial charge in [-0.25, -0.2) is 8.42 Å². The predicted molar refractivity (Wildman–Crippen MR) is 128 cm³/mol. The van der Waals surface area contributed by atoms with Crippen LogP contribution in [0.5, 0.6) is 0 Å². The molecule has 0 bridgehead atoms. The molecule has 0 unspecified atom stereocenters. The number of carbonyl (C=O) groups is 1. The summed E-state index contributed by atoms with van der Waals surface area (Å²) in [5.41, 5.74) is 4.22. The van der Waals surface area contributed by atoms with Gasteiger partial charge < -0.3 is 5.32 Å². The maximum Gasteiger partial charge on any atom is 0.255 e. The van der Waals surface area contributed by atoms with Crippen molar-refractivity contribution in [1.82, 2.24) is 0 Å². The highest BCUT2D eigenvalue weighted by atomic mass is 35.5. The normalized spacial score (nSPS) is 11.3. The number of hydrogen-bond donors (Lipinski definition) is 1. The van der Waals surface area contributed by atoms with Gasteiger partial charge in [0.2, 0.25) is 10.0 Å². The molecule has 0 aliphatic heterocycles. The van der Waals surface area contributed by atoms with Gasteiger partial charge in [0.05, 0.1) is 28.5 Å². The molecule has 0 spiro atoms. The van der Waals surface area contributed by atoms with E-state index in [1.807, 2.05) is 32.0 Å². The minimum Gasteiger partial charge on any atom is -0.322 e. The zero-order valence-corrected chi connectivity index (χ0v) is 19.6. The van der Waals surface area contributed by atoms with Gasteiger partial charge in [-0.1, -0.05) is 47.5 Å². The summed E-state index contributed by atoms with van der Waals surface area (Å²) < 4.78 is 26.3. The fraction of sp³-hybridized carbons (Fsp3) is 0.174. The molecule has 0 saturated carbocycles. The smallest absolute Gasteiger partial charge is 0.255 e. The minimum absolute atomic E-state index is 0.165. The van der Waals surface area contributed by atoms with Crippen molar-refractivity contribution in [2.75, 3.05) is 15.9 Å². The van der Waals surface area contributed by atoms with Crippen LogP contribution in [0.1, 0.15) is 27.0 Å². The first-order valence-corrected chi connectivity index (χ1v) is 12.1. The van der Waals surface area contributed by atoms with E-state index in [0.29, 0.717) is 27.0 Å². The second-order valence-corrected chi connectivity index (χ2v) is 10.1. The van der Waals surface area contributed by atoms with E-state index in [1.165, 1.54) is 10.6 Å². The van der Waals surface area contributed by atoms with Crippen LogP contribution in [0.2, 0.25) is 10.0 Å². The molecule has 5 nitrogen and oxygen atoms in total.